The zero-order chi connectivity index (χ0) is 26.2. The number of esters is 1. The highest BCUT2D eigenvalue weighted by Gasteiger charge is 2.25. The van der Waals surface area contributed by atoms with Crippen LogP contribution in [-0.2, 0) is 33.6 Å². The van der Waals surface area contributed by atoms with Crippen molar-refractivity contribution in [3.8, 4) is 0 Å². The number of benzene rings is 2. The minimum absolute atomic E-state index is 0.00544. The zero-order valence-electron chi connectivity index (χ0n) is 20.1. The van der Waals surface area contributed by atoms with E-state index >= 15 is 0 Å². The largest absolute Gasteiger partial charge is 0.455 e. The number of anilines is 3. The van der Waals surface area contributed by atoms with Gasteiger partial charge in [-0.05, 0) is 29.7 Å². The molecule has 0 saturated heterocycles. The topological polar surface area (TPSA) is 150 Å². The van der Waals surface area contributed by atoms with Crippen LogP contribution in [0.4, 0.5) is 16.0 Å². The van der Waals surface area contributed by atoms with E-state index in [2.05, 4.69) is 9.97 Å². The van der Waals surface area contributed by atoms with Gasteiger partial charge in [0, 0.05) is 23.0 Å². The summed E-state index contributed by atoms with van der Waals surface area (Å²) in [6, 6.07) is 16.9. The van der Waals surface area contributed by atoms with Gasteiger partial charge >= 0.3 is 5.97 Å². The van der Waals surface area contributed by atoms with Crippen LogP contribution in [0.15, 0.2) is 65.4 Å². The van der Waals surface area contributed by atoms with Crippen molar-refractivity contribution >= 4 is 50.5 Å². The molecule has 0 saturated carbocycles. The van der Waals surface area contributed by atoms with E-state index in [-0.39, 0.29) is 25.3 Å². The minimum Gasteiger partial charge on any atom is -0.455 e. The molecule has 2 aromatic heterocycles. The molecule has 0 bridgehead atoms. The molecular weight excluding hydrogens is 508 g/mol. The summed E-state index contributed by atoms with van der Waals surface area (Å²) in [7, 11) is 0. The molecule has 11 heteroatoms. The SMILES string of the molecule is Nc1ccc(CCN(CC(OC(=O)Cc2csc(N)n2)c2ccccc2)C(=O)Cc2csc(N)n2)cc1. The van der Waals surface area contributed by atoms with Gasteiger partial charge in [0.2, 0.25) is 5.91 Å². The van der Waals surface area contributed by atoms with Gasteiger partial charge in [-0.1, -0.05) is 42.5 Å². The summed E-state index contributed by atoms with van der Waals surface area (Å²) in [4.78, 5) is 36.3. The lowest BCUT2D eigenvalue weighted by molar-refractivity contribution is -0.151. The van der Waals surface area contributed by atoms with Crippen LogP contribution in [0.25, 0.3) is 0 Å². The van der Waals surface area contributed by atoms with E-state index in [9.17, 15) is 9.59 Å². The van der Waals surface area contributed by atoms with Gasteiger partial charge in [-0.2, -0.15) is 0 Å². The monoisotopic (exact) mass is 536 g/mol. The summed E-state index contributed by atoms with van der Waals surface area (Å²) >= 11 is 2.56. The van der Waals surface area contributed by atoms with Crippen molar-refractivity contribution in [1.29, 1.82) is 0 Å². The molecule has 2 heterocycles. The second kappa shape index (κ2) is 12.3. The van der Waals surface area contributed by atoms with Crippen LogP contribution >= 0.6 is 22.7 Å². The molecule has 0 spiro atoms. The first-order chi connectivity index (χ1) is 17.9. The van der Waals surface area contributed by atoms with Crippen LogP contribution in [-0.4, -0.2) is 39.8 Å². The van der Waals surface area contributed by atoms with E-state index in [0.717, 1.165) is 11.1 Å². The predicted molar refractivity (Wildman–Crippen MR) is 147 cm³/mol. The number of amides is 1. The second-order valence-corrected chi connectivity index (χ2v) is 10.2. The molecule has 4 rings (SSSR count). The molecular formula is C26H28N6O3S2. The smallest absolute Gasteiger partial charge is 0.312 e. The molecule has 0 aliphatic carbocycles. The summed E-state index contributed by atoms with van der Waals surface area (Å²) in [5.74, 6) is -0.581. The quantitative estimate of drug-likeness (QED) is 0.195. The van der Waals surface area contributed by atoms with Gasteiger partial charge < -0.3 is 26.8 Å². The summed E-state index contributed by atoms with van der Waals surface area (Å²) in [5.41, 5.74) is 20.9. The van der Waals surface area contributed by atoms with Gasteiger partial charge in [0.1, 0.15) is 6.10 Å². The number of nitrogens with two attached hydrogens (primary N) is 3. The van der Waals surface area contributed by atoms with Crippen molar-refractivity contribution in [2.45, 2.75) is 25.4 Å². The molecule has 2 aromatic carbocycles. The summed E-state index contributed by atoms with van der Waals surface area (Å²) in [6.45, 7) is 0.605. The molecule has 192 valence electrons. The lowest BCUT2D eigenvalue weighted by Gasteiger charge is -2.28. The summed E-state index contributed by atoms with van der Waals surface area (Å²) in [6.07, 6.45) is 0.0385. The van der Waals surface area contributed by atoms with Crippen molar-refractivity contribution in [1.82, 2.24) is 14.9 Å². The van der Waals surface area contributed by atoms with Crippen molar-refractivity contribution in [3.63, 3.8) is 0 Å². The fraction of sp³-hybridized carbons (Fsp3) is 0.231. The molecule has 1 amide bonds. The molecule has 1 atom stereocenters. The van der Waals surface area contributed by atoms with E-state index in [4.69, 9.17) is 21.9 Å². The van der Waals surface area contributed by atoms with Gasteiger partial charge in [-0.15, -0.1) is 22.7 Å². The van der Waals surface area contributed by atoms with Gasteiger partial charge in [0.05, 0.1) is 30.8 Å². The zero-order valence-corrected chi connectivity index (χ0v) is 21.7. The molecule has 4 aromatic rings. The average molecular weight is 537 g/mol. The molecule has 0 radical (unpaired) electrons. The Balaban J connectivity index is 1.53. The first-order valence-electron chi connectivity index (χ1n) is 11.6. The number of hydrogen-bond acceptors (Lipinski definition) is 10. The number of rotatable bonds is 11. The van der Waals surface area contributed by atoms with E-state index in [1.807, 2.05) is 54.6 Å². The Bertz CT molecular complexity index is 1320. The van der Waals surface area contributed by atoms with E-state index in [0.29, 0.717) is 40.3 Å². The number of ether oxygens (including phenoxy) is 1. The van der Waals surface area contributed by atoms with Crippen molar-refractivity contribution in [2.75, 3.05) is 30.3 Å². The lowest BCUT2D eigenvalue weighted by Crippen LogP contribution is -2.38. The second-order valence-electron chi connectivity index (χ2n) is 8.43. The van der Waals surface area contributed by atoms with E-state index in [1.165, 1.54) is 22.7 Å². The van der Waals surface area contributed by atoms with Crippen LogP contribution < -0.4 is 17.2 Å². The van der Waals surface area contributed by atoms with Crippen LogP contribution in [0.3, 0.4) is 0 Å². The summed E-state index contributed by atoms with van der Waals surface area (Å²) < 4.78 is 5.89. The molecule has 0 aliphatic rings. The number of carbonyl (C=O) groups excluding carboxylic acids is 2. The van der Waals surface area contributed by atoms with Gasteiger partial charge in [-0.3, -0.25) is 9.59 Å². The Morgan fingerprint density at radius 2 is 1.49 bits per heavy atom. The van der Waals surface area contributed by atoms with Crippen LogP contribution in [0.5, 0.6) is 0 Å². The maximum absolute atomic E-state index is 13.4. The standard InChI is InChI=1S/C26H28N6O3S2/c27-19-8-6-17(7-9-19)10-11-32(23(33)12-20-15-36-25(28)30-20)14-22(18-4-2-1-3-5-18)35-24(34)13-21-16-37-26(29)31-21/h1-9,15-16,22H,10-14,27H2,(H2,28,30)(H2,29,31). The lowest BCUT2D eigenvalue weighted by atomic mass is 10.1. The van der Waals surface area contributed by atoms with Gasteiger partial charge in [-0.25, -0.2) is 9.97 Å². The van der Waals surface area contributed by atoms with Crippen molar-refractivity contribution < 1.29 is 14.3 Å². The molecule has 0 aliphatic heterocycles. The maximum atomic E-state index is 13.4. The maximum Gasteiger partial charge on any atom is 0.312 e. The number of carbonyl (C=O) groups is 2. The number of nitrogens with zero attached hydrogens (tertiary/aromatic N) is 3. The van der Waals surface area contributed by atoms with Gasteiger partial charge in [0.25, 0.3) is 0 Å². The Morgan fingerprint density at radius 1 is 0.865 bits per heavy atom. The number of hydrogen-bond donors (Lipinski definition) is 3. The number of aromatic nitrogens is 2. The Hall–Kier alpha value is -3.96. The Labute approximate surface area is 222 Å². The minimum atomic E-state index is -0.666. The van der Waals surface area contributed by atoms with E-state index in [1.54, 1.807) is 15.7 Å². The molecule has 9 nitrogen and oxygen atoms in total. The molecule has 0 fully saturated rings. The normalized spacial score (nSPS) is 11.7. The van der Waals surface area contributed by atoms with Crippen LogP contribution in [0.2, 0.25) is 0 Å². The van der Waals surface area contributed by atoms with Crippen LogP contribution in [0.1, 0.15) is 28.6 Å². The fourth-order valence-corrected chi connectivity index (χ4v) is 4.89. The number of nitrogen functional groups attached to an aromatic ring is 3. The molecule has 6 N–H and O–H groups in total. The molecule has 37 heavy (non-hydrogen) atoms. The third-order valence-electron chi connectivity index (χ3n) is 5.63. The summed E-state index contributed by atoms with van der Waals surface area (Å²) in [5, 5.41) is 4.31. The van der Waals surface area contributed by atoms with E-state index < -0.39 is 12.1 Å². The highest BCUT2D eigenvalue weighted by Crippen LogP contribution is 2.22. The predicted octanol–water partition coefficient (Wildman–Crippen LogP) is 3.49. The van der Waals surface area contributed by atoms with Crippen molar-refractivity contribution in [3.05, 3.63) is 87.9 Å². The fourth-order valence-electron chi connectivity index (χ4n) is 3.77. The Morgan fingerprint density at radius 3 is 2.08 bits per heavy atom. The average Bonchev–Trinajstić information content (AvgIpc) is 3.49. The number of thiazole rings is 2. The highest BCUT2D eigenvalue weighted by molar-refractivity contribution is 7.13. The van der Waals surface area contributed by atoms with Gasteiger partial charge in [0.15, 0.2) is 10.3 Å². The first-order valence-corrected chi connectivity index (χ1v) is 13.4. The Kier molecular flexibility index (Phi) is 8.70. The third-order valence-corrected chi connectivity index (χ3v) is 7.08. The van der Waals surface area contributed by atoms with Crippen molar-refractivity contribution in [2.24, 2.45) is 0 Å². The highest BCUT2D eigenvalue weighted by atomic mass is 32.1. The third kappa shape index (κ3) is 7.76. The molecule has 1 unspecified atom stereocenters. The first kappa shape index (κ1) is 26.1. The van der Waals surface area contributed by atoms with Crippen LogP contribution in [0, 0.1) is 0 Å².